The molecule has 8 heteroatoms. The maximum Gasteiger partial charge on any atom is 0.337 e. The molecule has 1 heterocycles. The molecule has 0 aliphatic heterocycles. The van der Waals surface area contributed by atoms with Gasteiger partial charge < -0.3 is 24.4 Å². The summed E-state index contributed by atoms with van der Waals surface area (Å²) in [6, 6.07) is 7.14. The van der Waals surface area contributed by atoms with Crippen molar-refractivity contribution in [1.82, 2.24) is 9.78 Å². The van der Waals surface area contributed by atoms with Gasteiger partial charge in [-0.3, -0.25) is 4.68 Å². The van der Waals surface area contributed by atoms with Gasteiger partial charge in [-0.15, -0.1) is 0 Å². The Hall–Kier alpha value is -3.10. The smallest absolute Gasteiger partial charge is 0.337 e. The number of rotatable bonds is 9. The van der Waals surface area contributed by atoms with Crippen LogP contribution in [0, 0.1) is 13.8 Å². The van der Waals surface area contributed by atoms with E-state index in [9.17, 15) is 15.0 Å². The Balaban J connectivity index is 1.69. The molecule has 1 saturated carbocycles. The largest absolute Gasteiger partial charge is 0.496 e. The molecule has 1 aliphatic rings. The third-order valence-corrected chi connectivity index (χ3v) is 6.54. The molecule has 0 radical (unpaired) electrons. The molecule has 0 bridgehead atoms. The van der Waals surface area contributed by atoms with Crippen LogP contribution in [0.1, 0.15) is 58.8 Å². The van der Waals surface area contributed by atoms with Gasteiger partial charge in [0, 0.05) is 17.1 Å². The van der Waals surface area contributed by atoms with Crippen LogP contribution in [0.15, 0.2) is 30.5 Å². The fourth-order valence-electron chi connectivity index (χ4n) is 4.76. The molecular formula is C26H32N2O6. The summed E-state index contributed by atoms with van der Waals surface area (Å²) in [5.74, 6) is 0.232. The monoisotopic (exact) mass is 468 g/mol. The van der Waals surface area contributed by atoms with Crippen LogP contribution in [0.2, 0.25) is 0 Å². The van der Waals surface area contributed by atoms with Crippen LogP contribution < -0.4 is 9.47 Å². The average molecular weight is 469 g/mol. The van der Waals surface area contributed by atoms with E-state index in [2.05, 4.69) is 5.10 Å². The Bertz CT molecular complexity index is 1160. The van der Waals surface area contributed by atoms with Gasteiger partial charge in [-0.2, -0.15) is 5.10 Å². The molecule has 4 rings (SSSR count). The number of carbonyl (C=O) groups is 1. The number of aromatic carboxylic acids is 1. The quantitative estimate of drug-likeness (QED) is 0.479. The van der Waals surface area contributed by atoms with Crippen molar-refractivity contribution in [2.75, 3.05) is 14.2 Å². The highest BCUT2D eigenvalue weighted by molar-refractivity contribution is 6.02. The normalized spacial score (nSPS) is 16.0. The Kier molecular flexibility index (Phi) is 7.09. The first-order valence-corrected chi connectivity index (χ1v) is 11.6. The lowest BCUT2D eigenvalue weighted by molar-refractivity contribution is -0.0845. The highest BCUT2D eigenvalue weighted by Crippen LogP contribution is 2.35. The zero-order valence-corrected chi connectivity index (χ0v) is 20.1. The molecule has 2 aromatic carbocycles. The minimum atomic E-state index is -1.02. The topological polar surface area (TPSA) is 103 Å². The van der Waals surface area contributed by atoms with E-state index >= 15 is 0 Å². The molecule has 1 aromatic heterocycles. The predicted molar refractivity (Wildman–Crippen MR) is 128 cm³/mol. The van der Waals surface area contributed by atoms with Gasteiger partial charge in [0.2, 0.25) is 0 Å². The fourth-order valence-corrected chi connectivity index (χ4v) is 4.76. The van der Waals surface area contributed by atoms with E-state index in [0.29, 0.717) is 22.6 Å². The van der Waals surface area contributed by atoms with Crippen LogP contribution in [-0.4, -0.2) is 52.4 Å². The van der Waals surface area contributed by atoms with Gasteiger partial charge in [0.05, 0.1) is 32.4 Å². The van der Waals surface area contributed by atoms with Gasteiger partial charge in [0.25, 0.3) is 0 Å². The van der Waals surface area contributed by atoms with Gasteiger partial charge >= 0.3 is 5.97 Å². The number of benzene rings is 2. The molecule has 3 aromatic rings. The van der Waals surface area contributed by atoms with Gasteiger partial charge in [0.15, 0.2) is 0 Å². The number of aliphatic hydroxyl groups excluding tert-OH is 1. The standard InChI is InChI=1S/C26H32N2O6/c1-15-9-18-13-28(27-24(18)20(10-15)26(30)31)14-23(34-19-7-5-6-8-19)25(29)17-11-21(32-3)16(2)22(12-17)33-4/h9-13,19,23,25,29H,5-8,14H2,1-4H3,(H,30,31). The van der Waals surface area contributed by atoms with Crippen molar-refractivity contribution in [1.29, 1.82) is 0 Å². The first-order valence-electron chi connectivity index (χ1n) is 11.6. The molecule has 34 heavy (non-hydrogen) atoms. The van der Waals surface area contributed by atoms with Crippen molar-refractivity contribution in [2.24, 2.45) is 0 Å². The second-order valence-corrected chi connectivity index (χ2v) is 8.98. The Morgan fingerprint density at radius 2 is 1.76 bits per heavy atom. The Morgan fingerprint density at radius 3 is 2.35 bits per heavy atom. The number of carboxylic acids is 1. The zero-order chi connectivity index (χ0) is 24.4. The van der Waals surface area contributed by atoms with Crippen LogP contribution in [0.4, 0.5) is 0 Å². The molecule has 0 amide bonds. The predicted octanol–water partition coefficient (Wildman–Crippen LogP) is 4.43. The zero-order valence-electron chi connectivity index (χ0n) is 20.1. The van der Waals surface area contributed by atoms with Crippen molar-refractivity contribution >= 4 is 16.9 Å². The number of hydrogen-bond acceptors (Lipinski definition) is 6. The van der Waals surface area contributed by atoms with E-state index in [-0.39, 0.29) is 18.2 Å². The third-order valence-electron chi connectivity index (χ3n) is 6.54. The number of carboxylic acid groups (broad SMARTS) is 1. The molecular weight excluding hydrogens is 436 g/mol. The Labute approximate surface area is 199 Å². The van der Waals surface area contributed by atoms with Crippen molar-refractivity contribution in [2.45, 2.75) is 64.4 Å². The molecule has 2 unspecified atom stereocenters. The number of hydrogen-bond donors (Lipinski definition) is 2. The van der Waals surface area contributed by atoms with Gasteiger partial charge in [-0.05, 0) is 62.1 Å². The molecule has 8 nitrogen and oxygen atoms in total. The lowest BCUT2D eigenvalue weighted by Crippen LogP contribution is -2.31. The minimum Gasteiger partial charge on any atom is -0.496 e. The van der Waals surface area contributed by atoms with Crippen molar-refractivity contribution < 1.29 is 29.2 Å². The summed E-state index contributed by atoms with van der Waals surface area (Å²) < 4.78 is 19.0. The number of aryl methyl sites for hydroxylation is 1. The molecule has 2 N–H and O–H groups in total. The Morgan fingerprint density at radius 1 is 1.12 bits per heavy atom. The highest BCUT2D eigenvalue weighted by atomic mass is 16.5. The summed E-state index contributed by atoms with van der Waals surface area (Å²) in [4.78, 5) is 11.7. The number of fused-ring (bicyclic) bond motifs is 1. The second-order valence-electron chi connectivity index (χ2n) is 8.98. The van der Waals surface area contributed by atoms with Crippen LogP contribution in [-0.2, 0) is 11.3 Å². The van der Waals surface area contributed by atoms with Crippen LogP contribution in [0.25, 0.3) is 10.9 Å². The SMILES string of the molecule is COc1cc(C(O)C(Cn2cc3cc(C)cc(C(=O)O)c3n2)OC2CCCC2)cc(OC)c1C. The number of ether oxygens (including phenoxy) is 3. The lowest BCUT2D eigenvalue weighted by Gasteiger charge is -2.27. The van der Waals surface area contributed by atoms with E-state index in [1.165, 1.54) is 0 Å². The molecule has 1 fully saturated rings. The average Bonchev–Trinajstić information content (AvgIpc) is 3.47. The first-order chi connectivity index (χ1) is 16.3. The summed E-state index contributed by atoms with van der Waals surface area (Å²) in [7, 11) is 3.17. The molecule has 182 valence electrons. The van der Waals surface area contributed by atoms with Gasteiger partial charge in [0.1, 0.15) is 29.2 Å². The fraction of sp³-hybridized carbons (Fsp3) is 0.462. The van der Waals surface area contributed by atoms with Crippen molar-refractivity contribution in [3.63, 3.8) is 0 Å². The maximum absolute atomic E-state index is 11.7. The summed E-state index contributed by atoms with van der Waals surface area (Å²) in [5, 5.41) is 26.3. The third kappa shape index (κ3) is 4.88. The van der Waals surface area contributed by atoms with E-state index in [0.717, 1.165) is 42.2 Å². The first kappa shape index (κ1) is 24.0. The van der Waals surface area contributed by atoms with E-state index in [1.807, 2.05) is 26.1 Å². The molecule has 1 aliphatic carbocycles. The number of nitrogens with zero attached hydrogens (tertiary/aromatic N) is 2. The minimum absolute atomic E-state index is 0.0655. The van der Waals surface area contributed by atoms with Crippen LogP contribution >= 0.6 is 0 Å². The van der Waals surface area contributed by atoms with Crippen molar-refractivity contribution in [3.8, 4) is 11.5 Å². The van der Waals surface area contributed by atoms with E-state index in [1.54, 1.807) is 37.1 Å². The van der Waals surface area contributed by atoms with E-state index < -0.39 is 18.2 Å². The van der Waals surface area contributed by atoms with Gasteiger partial charge in [-0.25, -0.2) is 4.79 Å². The van der Waals surface area contributed by atoms with Crippen LogP contribution in [0.3, 0.4) is 0 Å². The molecule has 0 spiro atoms. The van der Waals surface area contributed by atoms with E-state index in [4.69, 9.17) is 14.2 Å². The van der Waals surface area contributed by atoms with Crippen LogP contribution in [0.5, 0.6) is 11.5 Å². The van der Waals surface area contributed by atoms with Crippen molar-refractivity contribution in [3.05, 3.63) is 52.7 Å². The lowest BCUT2D eigenvalue weighted by atomic mass is 10.0. The number of methoxy groups -OCH3 is 2. The summed E-state index contributed by atoms with van der Waals surface area (Å²) in [6.45, 7) is 4.03. The maximum atomic E-state index is 11.7. The number of aromatic nitrogens is 2. The highest BCUT2D eigenvalue weighted by Gasteiger charge is 2.29. The van der Waals surface area contributed by atoms with Gasteiger partial charge in [-0.1, -0.05) is 12.8 Å². The summed E-state index contributed by atoms with van der Waals surface area (Å²) >= 11 is 0. The summed E-state index contributed by atoms with van der Waals surface area (Å²) in [5.41, 5.74) is 2.91. The molecule has 0 saturated heterocycles. The second kappa shape index (κ2) is 10.0. The molecule has 2 atom stereocenters. The summed E-state index contributed by atoms with van der Waals surface area (Å²) in [6.07, 6.45) is 4.43. The number of aliphatic hydroxyl groups is 1.